The summed E-state index contributed by atoms with van der Waals surface area (Å²) in [6.45, 7) is 4.40. The van der Waals surface area contributed by atoms with Crippen LogP contribution in [-0.2, 0) is 6.42 Å². The monoisotopic (exact) mass is 178 g/mol. The average molecular weight is 178 g/mol. The van der Waals surface area contributed by atoms with Gasteiger partial charge >= 0.3 is 0 Å². The minimum Gasteiger partial charge on any atom is -0.327 e. The Hall–Kier alpha value is -0.890. The van der Waals surface area contributed by atoms with E-state index in [2.05, 4.69) is 24.9 Å². The molecule has 72 valence electrons. The SMILES string of the molecule is CC(C)CC(N)Cc1cccnc1. The molecule has 2 heteroatoms. The van der Waals surface area contributed by atoms with Crippen LogP contribution in [-0.4, -0.2) is 11.0 Å². The minimum atomic E-state index is 0.268. The van der Waals surface area contributed by atoms with Crippen LogP contribution in [0.1, 0.15) is 25.8 Å². The van der Waals surface area contributed by atoms with Crippen molar-refractivity contribution < 1.29 is 0 Å². The predicted octanol–water partition coefficient (Wildman–Crippen LogP) is 2.00. The van der Waals surface area contributed by atoms with Gasteiger partial charge in [-0.1, -0.05) is 19.9 Å². The first-order chi connectivity index (χ1) is 6.18. The van der Waals surface area contributed by atoms with Crippen molar-refractivity contribution in [3.05, 3.63) is 30.1 Å². The first-order valence-electron chi connectivity index (χ1n) is 4.83. The van der Waals surface area contributed by atoms with Gasteiger partial charge in [-0.3, -0.25) is 4.98 Å². The number of hydrogen-bond acceptors (Lipinski definition) is 2. The zero-order chi connectivity index (χ0) is 9.68. The maximum Gasteiger partial charge on any atom is 0.0300 e. The van der Waals surface area contributed by atoms with Crippen molar-refractivity contribution in [2.45, 2.75) is 32.7 Å². The number of nitrogens with zero attached hydrogens (tertiary/aromatic N) is 1. The summed E-state index contributed by atoms with van der Waals surface area (Å²) >= 11 is 0. The molecule has 0 aliphatic heterocycles. The first kappa shape index (κ1) is 10.2. The largest absolute Gasteiger partial charge is 0.327 e. The molecular weight excluding hydrogens is 160 g/mol. The normalized spacial score (nSPS) is 13.2. The lowest BCUT2D eigenvalue weighted by Gasteiger charge is -2.13. The second-order valence-corrected chi connectivity index (χ2v) is 3.96. The maximum absolute atomic E-state index is 5.98. The molecule has 1 atom stereocenters. The Kier molecular flexibility index (Phi) is 3.90. The Morgan fingerprint density at radius 2 is 2.23 bits per heavy atom. The van der Waals surface area contributed by atoms with Gasteiger partial charge in [-0.2, -0.15) is 0 Å². The maximum atomic E-state index is 5.98. The highest BCUT2D eigenvalue weighted by molar-refractivity contribution is 5.09. The Balaban J connectivity index is 2.41. The number of rotatable bonds is 4. The van der Waals surface area contributed by atoms with E-state index in [0.717, 1.165) is 12.8 Å². The van der Waals surface area contributed by atoms with E-state index in [1.54, 1.807) is 6.20 Å². The van der Waals surface area contributed by atoms with E-state index in [1.807, 2.05) is 12.3 Å². The second-order valence-electron chi connectivity index (χ2n) is 3.96. The summed E-state index contributed by atoms with van der Waals surface area (Å²) in [5.74, 6) is 0.673. The number of pyridine rings is 1. The number of aromatic nitrogens is 1. The fourth-order valence-corrected chi connectivity index (χ4v) is 1.51. The highest BCUT2D eigenvalue weighted by atomic mass is 14.6. The summed E-state index contributed by atoms with van der Waals surface area (Å²) < 4.78 is 0. The molecule has 0 saturated carbocycles. The summed E-state index contributed by atoms with van der Waals surface area (Å²) in [5.41, 5.74) is 7.21. The van der Waals surface area contributed by atoms with Crippen LogP contribution < -0.4 is 5.73 Å². The van der Waals surface area contributed by atoms with Crippen LogP contribution in [0, 0.1) is 5.92 Å². The van der Waals surface area contributed by atoms with E-state index in [4.69, 9.17) is 5.73 Å². The van der Waals surface area contributed by atoms with Gasteiger partial charge in [0.05, 0.1) is 0 Å². The van der Waals surface area contributed by atoms with E-state index in [0.29, 0.717) is 5.92 Å². The van der Waals surface area contributed by atoms with Gasteiger partial charge in [0, 0.05) is 18.4 Å². The van der Waals surface area contributed by atoms with E-state index in [-0.39, 0.29) is 6.04 Å². The molecule has 1 aromatic rings. The lowest BCUT2D eigenvalue weighted by Crippen LogP contribution is -2.24. The van der Waals surface area contributed by atoms with Crippen LogP contribution in [0.3, 0.4) is 0 Å². The van der Waals surface area contributed by atoms with Crippen LogP contribution in [0.4, 0.5) is 0 Å². The molecule has 1 heterocycles. The molecule has 1 unspecified atom stereocenters. The molecule has 13 heavy (non-hydrogen) atoms. The Morgan fingerprint density at radius 3 is 2.77 bits per heavy atom. The van der Waals surface area contributed by atoms with E-state index in [1.165, 1.54) is 5.56 Å². The lowest BCUT2D eigenvalue weighted by atomic mass is 9.99. The van der Waals surface area contributed by atoms with Gasteiger partial charge in [-0.25, -0.2) is 0 Å². The highest BCUT2D eigenvalue weighted by Crippen LogP contribution is 2.07. The third kappa shape index (κ3) is 4.04. The molecule has 1 aromatic heterocycles. The molecular formula is C11H18N2. The topological polar surface area (TPSA) is 38.9 Å². The van der Waals surface area contributed by atoms with Crippen LogP contribution in [0.5, 0.6) is 0 Å². The van der Waals surface area contributed by atoms with Crippen molar-refractivity contribution in [3.63, 3.8) is 0 Å². The van der Waals surface area contributed by atoms with Crippen LogP contribution in [0.25, 0.3) is 0 Å². The molecule has 0 radical (unpaired) electrons. The first-order valence-corrected chi connectivity index (χ1v) is 4.83. The smallest absolute Gasteiger partial charge is 0.0300 e. The third-order valence-electron chi connectivity index (χ3n) is 1.99. The molecule has 0 fully saturated rings. The van der Waals surface area contributed by atoms with Crippen molar-refractivity contribution in [1.82, 2.24) is 4.98 Å². The van der Waals surface area contributed by atoms with Crippen LogP contribution >= 0.6 is 0 Å². The van der Waals surface area contributed by atoms with E-state index < -0.39 is 0 Å². The number of hydrogen-bond donors (Lipinski definition) is 1. The molecule has 0 spiro atoms. The van der Waals surface area contributed by atoms with Gasteiger partial charge in [0.1, 0.15) is 0 Å². The lowest BCUT2D eigenvalue weighted by molar-refractivity contribution is 0.493. The van der Waals surface area contributed by atoms with Gasteiger partial charge < -0.3 is 5.73 Å². The van der Waals surface area contributed by atoms with Crippen LogP contribution in [0.15, 0.2) is 24.5 Å². The van der Waals surface area contributed by atoms with Crippen molar-refractivity contribution in [2.75, 3.05) is 0 Å². The van der Waals surface area contributed by atoms with Crippen molar-refractivity contribution in [1.29, 1.82) is 0 Å². The molecule has 0 aliphatic rings. The standard InChI is InChI=1S/C11H18N2/c1-9(2)6-11(12)7-10-4-3-5-13-8-10/h3-5,8-9,11H,6-7,12H2,1-2H3. The fraction of sp³-hybridized carbons (Fsp3) is 0.545. The van der Waals surface area contributed by atoms with Gasteiger partial charge in [0.25, 0.3) is 0 Å². The molecule has 0 aliphatic carbocycles. The van der Waals surface area contributed by atoms with Gasteiger partial charge in [-0.05, 0) is 30.4 Å². The van der Waals surface area contributed by atoms with Crippen molar-refractivity contribution >= 4 is 0 Å². The zero-order valence-electron chi connectivity index (χ0n) is 8.40. The molecule has 2 nitrogen and oxygen atoms in total. The van der Waals surface area contributed by atoms with Gasteiger partial charge in [0.15, 0.2) is 0 Å². The summed E-state index contributed by atoms with van der Waals surface area (Å²) in [6, 6.07) is 4.30. The molecule has 0 bridgehead atoms. The summed E-state index contributed by atoms with van der Waals surface area (Å²) in [4.78, 5) is 4.06. The minimum absolute atomic E-state index is 0.268. The average Bonchev–Trinajstić information content (AvgIpc) is 2.04. The van der Waals surface area contributed by atoms with Crippen LogP contribution in [0.2, 0.25) is 0 Å². The number of nitrogens with two attached hydrogens (primary N) is 1. The van der Waals surface area contributed by atoms with Crippen molar-refractivity contribution in [2.24, 2.45) is 11.7 Å². The Morgan fingerprint density at radius 1 is 1.46 bits per heavy atom. The third-order valence-corrected chi connectivity index (χ3v) is 1.99. The summed E-state index contributed by atoms with van der Waals surface area (Å²) in [7, 11) is 0. The Labute approximate surface area is 80.2 Å². The molecule has 1 rings (SSSR count). The summed E-state index contributed by atoms with van der Waals surface area (Å²) in [5, 5.41) is 0. The Bertz CT molecular complexity index is 231. The predicted molar refractivity (Wildman–Crippen MR) is 55.4 cm³/mol. The molecule has 0 saturated heterocycles. The zero-order valence-corrected chi connectivity index (χ0v) is 8.40. The van der Waals surface area contributed by atoms with Crippen molar-refractivity contribution in [3.8, 4) is 0 Å². The van der Waals surface area contributed by atoms with Gasteiger partial charge in [0.2, 0.25) is 0 Å². The van der Waals surface area contributed by atoms with Gasteiger partial charge in [-0.15, -0.1) is 0 Å². The highest BCUT2D eigenvalue weighted by Gasteiger charge is 2.05. The van der Waals surface area contributed by atoms with E-state index in [9.17, 15) is 0 Å². The second kappa shape index (κ2) is 4.97. The molecule has 0 amide bonds. The fourth-order valence-electron chi connectivity index (χ4n) is 1.51. The van der Waals surface area contributed by atoms with E-state index >= 15 is 0 Å². The molecule has 0 aromatic carbocycles. The summed E-state index contributed by atoms with van der Waals surface area (Å²) in [6.07, 6.45) is 5.69. The quantitative estimate of drug-likeness (QED) is 0.766. The molecule has 2 N–H and O–H groups in total.